The van der Waals surface area contributed by atoms with Crippen LogP contribution in [-0.2, 0) is 17.8 Å². The first-order chi connectivity index (χ1) is 14.1. The minimum atomic E-state index is -0.944. The number of amides is 2. The van der Waals surface area contributed by atoms with Gasteiger partial charge in [0.2, 0.25) is 5.91 Å². The standard InChI is InChI=1S/C24H30N2O3/c1-24(23(28)25-19-11-5-3-2-4-6-12-19)16-18-10-7-8-14-21(18)22(27)26(24)17-20-13-9-15-29-20/h7-10,13-15,19H,2-6,11-12,16-17H2,1H3,(H,25,28)/t24-/m1/s1. The van der Waals surface area contributed by atoms with Crippen LogP contribution in [0.2, 0.25) is 0 Å². The Labute approximate surface area is 172 Å². The summed E-state index contributed by atoms with van der Waals surface area (Å²) in [6.45, 7) is 2.18. The van der Waals surface area contributed by atoms with Crippen molar-refractivity contribution in [1.82, 2.24) is 10.2 Å². The molecule has 1 fully saturated rings. The molecule has 2 aliphatic rings. The van der Waals surface area contributed by atoms with Crippen LogP contribution in [0, 0.1) is 0 Å². The third-order valence-corrected chi connectivity index (χ3v) is 6.45. The highest BCUT2D eigenvalue weighted by atomic mass is 16.3. The number of fused-ring (bicyclic) bond motifs is 1. The van der Waals surface area contributed by atoms with Gasteiger partial charge < -0.3 is 14.6 Å². The highest BCUT2D eigenvalue weighted by Crippen LogP contribution is 2.33. The minimum absolute atomic E-state index is 0.0579. The summed E-state index contributed by atoms with van der Waals surface area (Å²) in [5, 5.41) is 3.29. The number of benzene rings is 1. The van der Waals surface area contributed by atoms with Crippen molar-refractivity contribution in [2.24, 2.45) is 0 Å². The van der Waals surface area contributed by atoms with E-state index in [0.717, 1.165) is 31.2 Å². The number of nitrogens with zero attached hydrogens (tertiary/aromatic N) is 1. The first-order valence-corrected chi connectivity index (χ1v) is 10.8. The van der Waals surface area contributed by atoms with Crippen molar-refractivity contribution in [2.45, 2.75) is 76.4 Å². The summed E-state index contributed by atoms with van der Waals surface area (Å²) in [7, 11) is 0. The number of rotatable bonds is 4. The van der Waals surface area contributed by atoms with E-state index >= 15 is 0 Å². The first-order valence-electron chi connectivity index (χ1n) is 10.8. The lowest BCUT2D eigenvalue weighted by Gasteiger charge is -2.44. The molecule has 2 aromatic rings. The van der Waals surface area contributed by atoms with E-state index in [4.69, 9.17) is 4.42 Å². The molecule has 2 heterocycles. The second-order valence-corrected chi connectivity index (χ2v) is 8.59. The second kappa shape index (κ2) is 8.44. The molecule has 29 heavy (non-hydrogen) atoms. The normalized spacial score (nSPS) is 23.2. The molecule has 5 heteroatoms. The quantitative estimate of drug-likeness (QED) is 0.832. The molecule has 0 spiro atoms. The molecule has 1 aliphatic carbocycles. The molecule has 154 valence electrons. The Morgan fingerprint density at radius 2 is 1.83 bits per heavy atom. The van der Waals surface area contributed by atoms with Crippen LogP contribution in [0.15, 0.2) is 47.1 Å². The third-order valence-electron chi connectivity index (χ3n) is 6.45. The van der Waals surface area contributed by atoms with E-state index in [1.807, 2.05) is 43.3 Å². The summed E-state index contributed by atoms with van der Waals surface area (Å²) >= 11 is 0. The van der Waals surface area contributed by atoms with E-state index in [9.17, 15) is 9.59 Å². The topological polar surface area (TPSA) is 62.6 Å². The Hall–Kier alpha value is -2.56. The fraction of sp³-hybridized carbons (Fsp3) is 0.500. The van der Waals surface area contributed by atoms with Gasteiger partial charge in [-0.15, -0.1) is 0 Å². The molecule has 1 aliphatic heterocycles. The van der Waals surface area contributed by atoms with Crippen LogP contribution in [0.3, 0.4) is 0 Å². The molecular weight excluding hydrogens is 364 g/mol. The summed E-state index contributed by atoms with van der Waals surface area (Å²) in [5.41, 5.74) is 0.666. The van der Waals surface area contributed by atoms with Crippen LogP contribution in [-0.4, -0.2) is 28.3 Å². The van der Waals surface area contributed by atoms with Crippen molar-refractivity contribution in [3.8, 4) is 0 Å². The van der Waals surface area contributed by atoms with Gasteiger partial charge in [-0.1, -0.05) is 50.3 Å². The van der Waals surface area contributed by atoms with Gasteiger partial charge in [0.1, 0.15) is 11.3 Å². The van der Waals surface area contributed by atoms with E-state index in [1.165, 1.54) is 19.3 Å². The lowest BCUT2D eigenvalue weighted by molar-refractivity contribution is -0.133. The molecule has 0 radical (unpaired) electrons. The highest BCUT2D eigenvalue weighted by Gasteiger charge is 2.47. The Morgan fingerprint density at radius 3 is 2.55 bits per heavy atom. The number of carbonyl (C=O) groups excluding carboxylic acids is 2. The molecule has 1 N–H and O–H groups in total. The minimum Gasteiger partial charge on any atom is -0.467 e. The average molecular weight is 395 g/mol. The lowest BCUT2D eigenvalue weighted by atomic mass is 9.82. The summed E-state index contributed by atoms with van der Waals surface area (Å²) in [6.07, 6.45) is 10.2. The number of hydrogen-bond acceptors (Lipinski definition) is 3. The van der Waals surface area contributed by atoms with E-state index in [0.29, 0.717) is 17.7 Å². The van der Waals surface area contributed by atoms with Gasteiger partial charge in [0.15, 0.2) is 0 Å². The van der Waals surface area contributed by atoms with Gasteiger partial charge in [0, 0.05) is 18.0 Å². The molecule has 1 aromatic heterocycles. The zero-order chi connectivity index (χ0) is 20.3. The van der Waals surface area contributed by atoms with Gasteiger partial charge in [0.05, 0.1) is 12.8 Å². The molecule has 1 saturated carbocycles. The van der Waals surface area contributed by atoms with Crippen molar-refractivity contribution >= 4 is 11.8 Å². The number of furan rings is 1. The molecule has 0 saturated heterocycles. The van der Waals surface area contributed by atoms with Gasteiger partial charge in [-0.3, -0.25) is 9.59 Å². The largest absolute Gasteiger partial charge is 0.467 e. The molecule has 1 aromatic carbocycles. The van der Waals surface area contributed by atoms with Gasteiger partial charge in [0.25, 0.3) is 5.91 Å². The molecule has 0 unspecified atom stereocenters. The smallest absolute Gasteiger partial charge is 0.255 e. The predicted octanol–water partition coefficient (Wildman–Crippen LogP) is 4.47. The molecule has 1 atom stereocenters. The van der Waals surface area contributed by atoms with Crippen molar-refractivity contribution in [1.29, 1.82) is 0 Å². The highest BCUT2D eigenvalue weighted by molar-refractivity contribution is 6.02. The lowest BCUT2D eigenvalue weighted by Crippen LogP contribution is -2.63. The van der Waals surface area contributed by atoms with Crippen molar-refractivity contribution in [2.75, 3.05) is 0 Å². The number of nitrogens with one attached hydrogen (secondary N) is 1. The van der Waals surface area contributed by atoms with Gasteiger partial charge in [-0.2, -0.15) is 0 Å². The maximum Gasteiger partial charge on any atom is 0.255 e. The van der Waals surface area contributed by atoms with Gasteiger partial charge >= 0.3 is 0 Å². The average Bonchev–Trinajstić information content (AvgIpc) is 3.20. The Kier molecular flexibility index (Phi) is 5.74. The SMILES string of the molecule is C[C@]1(C(=O)NC2CCCCCCC2)Cc2ccccc2C(=O)N1Cc1ccco1. The van der Waals surface area contributed by atoms with Gasteiger partial charge in [-0.25, -0.2) is 0 Å². The summed E-state index contributed by atoms with van der Waals surface area (Å²) in [6, 6.07) is 11.5. The Balaban J connectivity index is 1.61. The molecule has 4 rings (SSSR count). The molecule has 0 bridgehead atoms. The maximum absolute atomic E-state index is 13.5. The molecule has 2 amide bonds. The summed E-state index contributed by atoms with van der Waals surface area (Å²) in [5.74, 6) is 0.513. The van der Waals surface area contributed by atoms with Crippen LogP contribution in [0.1, 0.15) is 73.6 Å². The van der Waals surface area contributed by atoms with Crippen LogP contribution in [0.4, 0.5) is 0 Å². The van der Waals surface area contributed by atoms with E-state index in [-0.39, 0.29) is 24.4 Å². The fourth-order valence-electron chi connectivity index (χ4n) is 4.67. The summed E-state index contributed by atoms with van der Waals surface area (Å²) < 4.78 is 5.50. The van der Waals surface area contributed by atoms with E-state index in [2.05, 4.69) is 5.32 Å². The molecular formula is C24H30N2O3. The van der Waals surface area contributed by atoms with Crippen LogP contribution in [0.5, 0.6) is 0 Å². The van der Waals surface area contributed by atoms with E-state index < -0.39 is 5.54 Å². The van der Waals surface area contributed by atoms with E-state index in [1.54, 1.807) is 11.2 Å². The first kappa shape index (κ1) is 19.7. The van der Waals surface area contributed by atoms with Crippen molar-refractivity contribution < 1.29 is 14.0 Å². The number of carbonyl (C=O) groups is 2. The van der Waals surface area contributed by atoms with Crippen LogP contribution >= 0.6 is 0 Å². The monoisotopic (exact) mass is 394 g/mol. The zero-order valence-corrected chi connectivity index (χ0v) is 17.2. The molecule has 5 nitrogen and oxygen atoms in total. The Morgan fingerprint density at radius 1 is 1.10 bits per heavy atom. The van der Waals surface area contributed by atoms with Gasteiger partial charge in [-0.05, 0) is 43.5 Å². The third kappa shape index (κ3) is 4.09. The number of hydrogen-bond donors (Lipinski definition) is 1. The van der Waals surface area contributed by atoms with Crippen LogP contribution < -0.4 is 5.32 Å². The second-order valence-electron chi connectivity index (χ2n) is 8.59. The van der Waals surface area contributed by atoms with Crippen molar-refractivity contribution in [3.63, 3.8) is 0 Å². The Bertz CT molecular complexity index is 853. The zero-order valence-electron chi connectivity index (χ0n) is 17.2. The predicted molar refractivity (Wildman–Crippen MR) is 111 cm³/mol. The summed E-state index contributed by atoms with van der Waals surface area (Å²) in [4.78, 5) is 28.6. The van der Waals surface area contributed by atoms with Crippen molar-refractivity contribution in [3.05, 3.63) is 59.5 Å². The fourth-order valence-corrected chi connectivity index (χ4v) is 4.67. The van der Waals surface area contributed by atoms with Crippen LogP contribution in [0.25, 0.3) is 0 Å². The maximum atomic E-state index is 13.5.